The van der Waals surface area contributed by atoms with Crippen LogP contribution in [0.3, 0.4) is 0 Å². The molecule has 0 bridgehead atoms. The number of nitrogens with one attached hydrogen (secondary N) is 1. The van der Waals surface area contributed by atoms with Gasteiger partial charge >= 0.3 is 0 Å². The van der Waals surface area contributed by atoms with Crippen molar-refractivity contribution in [1.82, 2.24) is 14.8 Å². The summed E-state index contributed by atoms with van der Waals surface area (Å²) >= 11 is 1.44. The molecule has 0 aromatic carbocycles. The van der Waals surface area contributed by atoms with Crippen molar-refractivity contribution in [2.24, 2.45) is 0 Å². The zero-order valence-electron chi connectivity index (χ0n) is 12.2. The SMILES string of the molecule is CNc1nc(C(=O)N2CCC(N3CCCC3=O)CC2)cs1. The number of carbonyl (C=O) groups is 2. The Kier molecular flexibility index (Phi) is 4.10. The number of hydrogen-bond donors (Lipinski definition) is 1. The van der Waals surface area contributed by atoms with Crippen LogP contribution in [0.15, 0.2) is 5.38 Å². The van der Waals surface area contributed by atoms with E-state index in [0.29, 0.717) is 31.2 Å². The number of rotatable bonds is 3. The van der Waals surface area contributed by atoms with E-state index in [-0.39, 0.29) is 11.8 Å². The van der Waals surface area contributed by atoms with Crippen LogP contribution in [0.25, 0.3) is 0 Å². The molecule has 0 spiro atoms. The minimum Gasteiger partial charge on any atom is -0.365 e. The van der Waals surface area contributed by atoms with Gasteiger partial charge in [0, 0.05) is 44.5 Å². The summed E-state index contributed by atoms with van der Waals surface area (Å²) in [6, 6.07) is 0.312. The molecule has 2 aliphatic heterocycles. The molecule has 2 aliphatic rings. The second-order valence-corrected chi connectivity index (χ2v) is 6.36. The molecule has 2 saturated heterocycles. The Morgan fingerprint density at radius 3 is 2.71 bits per heavy atom. The molecule has 0 atom stereocenters. The van der Waals surface area contributed by atoms with Crippen molar-refractivity contribution in [3.8, 4) is 0 Å². The Labute approximate surface area is 128 Å². The van der Waals surface area contributed by atoms with E-state index in [1.807, 2.05) is 9.80 Å². The molecule has 3 rings (SSSR count). The molecule has 2 fully saturated rings. The smallest absolute Gasteiger partial charge is 0.273 e. The lowest BCUT2D eigenvalue weighted by molar-refractivity contribution is -0.130. The zero-order chi connectivity index (χ0) is 14.8. The maximum absolute atomic E-state index is 12.4. The first-order valence-electron chi connectivity index (χ1n) is 7.41. The average molecular weight is 308 g/mol. The number of piperidine rings is 1. The average Bonchev–Trinajstić information content (AvgIpc) is 3.15. The third kappa shape index (κ3) is 2.88. The fourth-order valence-electron chi connectivity index (χ4n) is 3.08. The van der Waals surface area contributed by atoms with Gasteiger partial charge in [-0.25, -0.2) is 4.98 Å². The van der Waals surface area contributed by atoms with Crippen LogP contribution in [-0.4, -0.2) is 59.3 Å². The highest BCUT2D eigenvalue weighted by Gasteiger charge is 2.32. The molecule has 6 nitrogen and oxygen atoms in total. The van der Waals surface area contributed by atoms with E-state index in [9.17, 15) is 9.59 Å². The highest BCUT2D eigenvalue weighted by atomic mass is 32.1. The van der Waals surface area contributed by atoms with Gasteiger partial charge in [0.05, 0.1) is 0 Å². The lowest BCUT2D eigenvalue weighted by Crippen LogP contribution is -2.47. The van der Waals surface area contributed by atoms with Crippen molar-refractivity contribution >= 4 is 28.3 Å². The Hall–Kier alpha value is -1.63. The van der Waals surface area contributed by atoms with Crippen molar-refractivity contribution in [3.05, 3.63) is 11.1 Å². The van der Waals surface area contributed by atoms with Gasteiger partial charge in [0.25, 0.3) is 5.91 Å². The highest BCUT2D eigenvalue weighted by molar-refractivity contribution is 7.13. The molecule has 0 saturated carbocycles. The van der Waals surface area contributed by atoms with Gasteiger partial charge in [-0.1, -0.05) is 0 Å². The van der Waals surface area contributed by atoms with Crippen LogP contribution in [0.1, 0.15) is 36.2 Å². The van der Waals surface area contributed by atoms with Crippen molar-refractivity contribution in [3.63, 3.8) is 0 Å². The van der Waals surface area contributed by atoms with Crippen LogP contribution in [0, 0.1) is 0 Å². The fraction of sp³-hybridized carbons (Fsp3) is 0.643. The number of anilines is 1. The largest absolute Gasteiger partial charge is 0.365 e. The predicted octanol–water partition coefficient (Wildman–Crippen LogP) is 1.41. The zero-order valence-corrected chi connectivity index (χ0v) is 13.0. The first kappa shape index (κ1) is 14.3. The lowest BCUT2D eigenvalue weighted by Gasteiger charge is -2.36. The lowest BCUT2D eigenvalue weighted by atomic mass is 10.0. The summed E-state index contributed by atoms with van der Waals surface area (Å²) in [4.78, 5) is 32.3. The maximum atomic E-state index is 12.4. The van der Waals surface area contributed by atoms with Gasteiger partial charge in [-0.2, -0.15) is 0 Å². The molecule has 1 aromatic rings. The van der Waals surface area contributed by atoms with E-state index >= 15 is 0 Å². The van der Waals surface area contributed by atoms with Crippen LogP contribution in [0.2, 0.25) is 0 Å². The third-order valence-corrected chi connectivity index (χ3v) is 5.10. The van der Waals surface area contributed by atoms with Gasteiger partial charge in [0.15, 0.2) is 5.13 Å². The second kappa shape index (κ2) is 6.01. The summed E-state index contributed by atoms with van der Waals surface area (Å²) in [6.45, 7) is 2.30. The van der Waals surface area contributed by atoms with Crippen LogP contribution in [0.5, 0.6) is 0 Å². The van der Waals surface area contributed by atoms with Gasteiger partial charge in [-0.05, 0) is 19.3 Å². The molecule has 7 heteroatoms. The second-order valence-electron chi connectivity index (χ2n) is 5.50. The summed E-state index contributed by atoms with van der Waals surface area (Å²) in [5.41, 5.74) is 0.514. The molecule has 0 radical (unpaired) electrons. The number of nitrogens with zero attached hydrogens (tertiary/aromatic N) is 3. The minimum atomic E-state index is -0.000974. The monoisotopic (exact) mass is 308 g/mol. The Morgan fingerprint density at radius 1 is 1.38 bits per heavy atom. The predicted molar refractivity (Wildman–Crippen MR) is 81.5 cm³/mol. The molecule has 3 heterocycles. The van der Waals surface area contributed by atoms with Crippen molar-refractivity contribution < 1.29 is 9.59 Å². The minimum absolute atomic E-state index is 0.000974. The van der Waals surface area contributed by atoms with E-state index in [1.165, 1.54) is 11.3 Å². The number of amides is 2. The van der Waals surface area contributed by atoms with E-state index in [1.54, 1.807) is 12.4 Å². The third-order valence-electron chi connectivity index (χ3n) is 4.24. The van der Waals surface area contributed by atoms with Gasteiger partial charge in [-0.15, -0.1) is 11.3 Å². The maximum Gasteiger partial charge on any atom is 0.273 e. The molecule has 21 heavy (non-hydrogen) atoms. The van der Waals surface area contributed by atoms with Crippen molar-refractivity contribution in [1.29, 1.82) is 0 Å². The number of aromatic nitrogens is 1. The summed E-state index contributed by atoms with van der Waals surface area (Å²) in [5.74, 6) is 0.275. The van der Waals surface area contributed by atoms with E-state index in [2.05, 4.69) is 10.3 Å². The summed E-state index contributed by atoms with van der Waals surface area (Å²) in [7, 11) is 1.80. The molecule has 2 amide bonds. The van der Waals surface area contributed by atoms with Gasteiger partial charge in [-0.3, -0.25) is 9.59 Å². The van der Waals surface area contributed by atoms with E-state index < -0.39 is 0 Å². The Morgan fingerprint density at radius 2 is 2.14 bits per heavy atom. The Balaban J connectivity index is 1.57. The first-order chi connectivity index (χ1) is 10.2. The number of thiazole rings is 1. The van der Waals surface area contributed by atoms with Crippen LogP contribution in [-0.2, 0) is 4.79 Å². The molecule has 0 aliphatic carbocycles. The fourth-order valence-corrected chi connectivity index (χ4v) is 3.73. The number of likely N-dealkylation sites (tertiary alicyclic amines) is 2. The van der Waals surface area contributed by atoms with Gasteiger partial charge in [0.2, 0.25) is 5.91 Å². The molecule has 1 N–H and O–H groups in total. The quantitative estimate of drug-likeness (QED) is 0.917. The molecule has 0 unspecified atom stereocenters. The molecular formula is C14H20N4O2S. The Bertz CT molecular complexity index is 537. The molecule has 1 aromatic heterocycles. The van der Waals surface area contributed by atoms with Crippen LogP contribution < -0.4 is 5.32 Å². The first-order valence-corrected chi connectivity index (χ1v) is 8.29. The highest BCUT2D eigenvalue weighted by Crippen LogP contribution is 2.23. The van der Waals surface area contributed by atoms with Crippen LogP contribution in [0.4, 0.5) is 5.13 Å². The van der Waals surface area contributed by atoms with Crippen molar-refractivity contribution in [2.75, 3.05) is 32.0 Å². The van der Waals surface area contributed by atoms with E-state index in [0.717, 1.165) is 30.9 Å². The number of hydrogen-bond acceptors (Lipinski definition) is 5. The topological polar surface area (TPSA) is 65.5 Å². The summed E-state index contributed by atoms with van der Waals surface area (Å²) in [6.07, 6.45) is 3.41. The summed E-state index contributed by atoms with van der Waals surface area (Å²) in [5, 5.41) is 5.50. The molecular weight excluding hydrogens is 288 g/mol. The van der Waals surface area contributed by atoms with Gasteiger partial charge in [0.1, 0.15) is 5.69 Å². The summed E-state index contributed by atoms with van der Waals surface area (Å²) < 4.78 is 0. The normalized spacial score (nSPS) is 20.1. The van der Waals surface area contributed by atoms with Crippen LogP contribution >= 0.6 is 11.3 Å². The number of carbonyl (C=O) groups excluding carboxylic acids is 2. The van der Waals surface area contributed by atoms with Crippen molar-refractivity contribution in [2.45, 2.75) is 31.7 Å². The standard InChI is InChI=1S/C14H20N4O2S/c1-15-14-16-11(9-21-14)13(20)17-7-4-10(5-8-17)18-6-2-3-12(18)19/h9-10H,2-8H2,1H3,(H,15,16). The van der Waals surface area contributed by atoms with Gasteiger partial charge < -0.3 is 15.1 Å². The van der Waals surface area contributed by atoms with E-state index in [4.69, 9.17) is 0 Å². The molecule has 114 valence electrons.